The Labute approximate surface area is 132 Å². The molecule has 0 spiro atoms. The van der Waals surface area contributed by atoms with Crippen molar-refractivity contribution >= 4 is 0 Å². The molecule has 0 bridgehead atoms. The van der Waals surface area contributed by atoms with Crippen LogP contribution in [0.2, 0.25) is 0 Å². The van der Waals surface area contributed by atoms with E-state index >= 15 is 0 Å². The second kappa shape index (κ2) is 10.5. The number of ether oxygens (including phenoxy) is 1. The standard InChI is InChI=1S/C17H37N3O/c1-5-19(6-2)13-8-14-20(7-3)15-17(16-21-4)9-11-18-12-10-17/h18H,5-16H2,1-4H3. The molecule has 1 rings (SSSR count). The van der Waals surface area contributed by atoms with Gasteiger partial charge in [-0.05, 0) is 65.1 Å². The number of methoxy groups -OCH3 is 1. The van der Waals surface area contributed by atoms with Crippen molar-refractivity contribution in [2.45, 2.75) is 40.0 Å². The van der Waals surface area contributed by atoms with Gasteiger partial charge in [-0.3, -0.25) is 0 Å². The molecule has 1 heterocycles. The Morgan fingerprint density at radius 2 is 1.52 bits per heavy atom. The highest BCUT2D eigenvalue weighted by atomic mass is 16.5. The van der Waals surface area contributed by atoms with E-state index in [1.165, 1.54) is 52.0 Å². The van der Waals surface area contributed by atoms with E-state index in [2.05, 4.69) is 35.9 Å². The molecule has 0 unspecified atom stereocenters. The second-order valence-corrected chi connectivity index (χ2v) is 6.43. The van der Waals surface area contributed by atoms with Crippen LogP contribution in [0.1, 0.15) is 40.0 Å². The Morgan fingerprint density at radius 1 is 0.952 bits per heavy atom. The lowest BCUT2D eigenvalue weighted by molar-refractivity contribution is 0.0227. The van der Waals surface area contributed by atoms with E-state index in [4.69, 9.17) is 4.74 Å². The van der Waals surface area contributed by atoms with E-state index in [0.29, 0.717) is 5.41 Å². The first kappa shape index (κ1) is 18.9. The molecule has 0 aliphatic carbocycles. The van der Waals surface area contributed by atoms with Crippen molar-refractivity contribution in [2.75, 3.05) is 66.1 Å². The van der Waals surface area contributed by atoms with E-state index in [-0.39, 0.29) is 0 Å². The number of piperidine rings is 1. The van der Waals surface area contributed by atoms with Crippen molar-refractivity contribution in [2.24, 2.45) is 5.41 Å². The molecule has 1 aliphatic rings. The molecule has 1 aliphatic heterocycles. The van der Waals surface area contributed by atoms with Gasteiger partial charge in [0.25, 0.3) is 0 Å². The van der Waals surface area contributed by atoms with Crippen LogP contribution in [0.5, 0.6) is 0 Å². The first-order chi connectivity index (χ1) is 10.2. The van der Waals surface area contributed by atoms with Gasteiger partial charge < -0.3 is 19.9 Å². The summed E-state index contributed by atoms with van der Waals surface area (Å²) in [5.74, 6) is 0. The van der Waals surface area contributed by atoms with Crippen LogP contribution in [0, 0.1) is 5.41 Å². The predicted molar refractivity (Wildman–Crippen MR) is 90.9 cm³/mol. The maximum atomic E-state index is 5.54. The number of hydrogen-bond donors (Lipinski definition) is 1. The van der Waals surface area contributed by atoms with Gasteiger partial charge in [0.05, 0.1) is 6.61 Å². The van der Waals surface area contributed by atoms with Gasteiger partial charge >= 0.3 is 0 Å². The Kier molecular flexibility index (Phi) is 9.49. The Bertz CT molecular complexity index is 245. The van der Waals surface area contributed by atoms with Gasteiger partial charge in [-0.1, -0.05) is 20.8 Å². The third-order valence-corrected chi connectivity index (χ3v) is 4.96. The van der Waals surface area contributed by atoms with Crippen molar-refractivity contribution < 1.29 is 4.74 Å². The molecule has 1 N–H and O–H groups in total. The van der Waals surface area contributed by atoms with Crippen LogP contribution in [-0.2, 0) is 4.74 Å². The molecule has 0 aromatic rings. The molecular weight excluding hydrogens is 262 g/mol. The molecule has 0 radical (unpaired) electrons. The first-order valence-corrected chi connectivity index (χ1v) is 8.84. The van der Waals surface area contributed by atoms with Gasteiger partial charge in [0, 0.05) is 19.1 Å². The average Bonchev–Trinajstić information content (AvgIpc) is 2.51. The third-order valence-electron chi connectivity index (χ3n) is 4.96. The molecule has 0 atom stereocenters. The number of nitrogens with one attached hydrogen (secondary N) is 1. The zero-order valence-corrected chi connectivity index (χ0v) is 14.8. The SMILES string of the molecule is CCN(CC)CCCN(CC)CC1(COC)CCNCC1. The molecule has 4 heteroatoms. The van der Waals surface area contributed by atoms with Gasteiger partial charge in [-0.2, -0.15) is 0 Å². The topological polar surface area (TPSA) is 27.7 Å². The summed E-state index contributed by atoms with van der Waals surface area (Å²) in [6.07, 6.45) is 3.76. The average molecular weight is 300 g/mol. The highest BCUT2D eigenvalue weighted by molar-refractivity contribution is 4.87. The van der Waals surface area contributed by atoms with Gasteiger partial charge in [-0.15, -0.1) is 0 Å². The van der Waals surface area contributed by atoms with Crippen molar-refractivity contribution in [3.8, 4) is 0 Å². The minimum absolute atomic E-state index is 0.366. The first-order valence-electron chi connectivity index (χ1n) is 8.84. The summed E-state index contributed by atoms with van der Waals surface area (Å²) in [5.41, 5.74) is 0.366. The Morgan fingerprint density at radius 3 is 2.05 bits per heavy atom. The van der Waals surface area contributed by atoms with E-state index in [0.717, 1.165) is 26.2 Å². The molecule has 0 saturated carbocycles. The zero-order valence-electron chi connectivity index (χ0n) is 14.8. The summed E-state index contributed by atoms with van der Waals surface area (Å²) in [5, 5.41) is 3.48. The van der Waals surface area contributed by atoms with Crippen molar-refractivity contribution in [3.63, 3.8) is 0 Å². The molecule has 0 aromatic carbocycles. The van der Waals surface area contributed by atoms with E-state index < -0.39 is 0 Å². The van der Waals surface area contributed by atoms with Crippen molar-refractivity contribution in [3.05, 3.63) is 0 Å². The molecule has 0 aromatic heterocycles. The van der Waals surface area contributed by atoms with E-state index in [9.17, 15) is 0 Å². The van der Waals surface area contributed by atoms with Gasteiger partial charge in [0.1, 0.15) is 0 Å². The fourth-order valence-corrected chi connectivity index (χ4v) is 3.49. The molecule has 126 valence electrons. The summed E-state index contributed by atoms with van der Waals surface area (Å²) in [6.45, 7) is 17.1. The maximum Gasteiger partial charge on any atom is 0.0531 e. The largest absolute Gasteiger partial charge is 0.384 e. The Balaban J connectivity index is 2.42. The third kappa shape index (κ3) is 6.64. The zero-order chi connectivity index (χ0) is 15.6. The number of nitrogens with zero attached hydrogens (tertiary/aromatic N) is 2. The van der Waals surface area contributed by atoms with Gasteiger partial charge in [0.2, 0.25) is 0 Å². The summed E-state index contributed by atoms with van der Waals surface area (Å²) < 4.78 is 5.54. The highest BCUT2D eigenvalue weighted by Crippen LogP contribution is 2.30. The van der Waals surface area contributed by atoms with E-state index in [1.54, 1.807) is 0 Å². The smallest absolute Gasteiger partial charge is 0.0531 e. The molecule has 0 amide bonds. The molecule has 21 heavy (non-hydrogen) atoms. The van der Waals surface area contributed by atoms with Gasteiger partial charge in [0.15, 0.2) is 0 Å². The van der Waals surface area contributed by atoms with Crippen LogP contribution in [0.25, 0.3) is 0 Å². The molecular formula is C17H37N3O. The molecule has 1 saturated heterocycles. The van der Waals surface area contributed by atoms with Crippen LogP contribution in [0.4, 0.5) is 0 Å². The predicted octanol–water partition coefficient (Wildman–Crippen LogP) is 2.06. The lowest BCUT2D eigenvalue weighted by Gasteiger charge is -2.41. The normalized spacial score (nSPS) is 18.6. The summed E-state index contributed by atoms with van der Waals surface area (Å²) in [7, 11) is 1.85. The monoisotopic (exact) mass is 299 g/mol. The van der Waals surface area contributed by atoms with Gasteiger partial charge in [-0.25, -0.2) is 0 Å². The minimum atomic E-state index is 0.366. The van der Waals surface area contributed by atoms with Crippen molar-refractivity contribution in [1.29, 1.82) is 0 Å². The fraction of sp³-hybridized carbons (Fsp3) is 1.00. The summed E-state index contributed by atoms with van der Waals surface area (Å²) in [6, 6.07) is 0. The summed E-state index contributed by atoms with van der Waals surface area (Å²) in [4.78, 5) is 5.15. The number of rotatable bonds is 11. The highest BCUT2D eigenvalue weighted by Gasteiger charge is 2.33. The lowest BCUT2D eigenvalue weighted by Crippen LogP contribution is -2.47. The lowest BCUT2D eigenvalue weighted by atomic mass is 9.79. The maximum absolute atomic E-state index is 5.54. The van der Waals surface area contributed by atoms with Crippen LogP contribution in [0.15, 0.2) is 0 Å². The fourth-order valence-electron chi connectivity index (χ4n) is 3.49. The van der Waals surface area contributed by atoms with Crippen LogP contribution in [-0.4, -0.2) is 75.9 Å². The summed E-state index contributed by atoms with van der Waals surface area (Å²) >= 11 is 0. The Hall–Kier alpha value is -0.160. The quantitative estimate of drug-likeness (QED) is 0.632. The van der Waals surface area contributed by atoms with E-state index in [1.807, 2.05) is 7.11 Å². The van der Waals surface area contributed by atoms with Crippen LogP contribution in [0.3, 0.4) is 0 Å². The van der Waals surface area contributed by atoms with Crippen LogP contribution < -0.4 is 5.32 Å². The molecule has 4 nitrogen and oxygen atoms in total. The molecule has 1 fully saturated rings. The van der Waals surface area contributed by atoms with Crippen molar-refractivity contribution in [1.82, 2.24) is 15.1 Å². The number of hydrogen-bond acceptors (Lipinski definition) is 4. The van der Waals surface area contributed by atoms with Crippen LogP contribution >= 0.6 is 0 Å². The second-order valence-electron chi connectivity index (χ2n) is 6.43. The minimum Gasteiger partial charge on any atom is -0.384 e.